The van der Waals surface area contributed by atoms with E-state index in [-0.39, 0.29) is 24.4 Å². The summed E-state index contributed by atoms with van der Waals surface area (Å²) in [5.74, 6) is 1.63. The van der Waals surface area contributed by atoms with Gasteiger partial charge in [0.1, 0.15) is 0 Å². The van der Waals surface area contributed by atoms with Crippen molar-refractivity contribution in [3.05, 3.63) is 48.0 Å². The lowest BCUT2D eigenvalue weighted by atomic mass is 9.66. The molecule has 0 unspecified atom stereocenters. The van der Waals surface area contributed by atoms with Crippen LogP contribution in [0.1, 0.15) is 43.7 Å². The fourth-order valence-corrected chi connectivity index (χ4v) is 5.54. The van der Waals surface area contributed by atoms with Crippen LogP contribution in [0.2, 0.25) is 0 Å². The number of hydrogen-bond donors (Lipinski definition) is 2. The number of nitrogens with one attached hydrogen (secondary N) is 1. The summed E-state index contributed by atoms with van der Waals surface area (Å²) in [4.78, 5) is 15.1. The number of methoxy groups -OCH3 is 3. The van der Waals surface area contributed by atoms with E-state index < -0.39 is 5.60 Å². The number of carbonyl (C=O) groups is 1. The molecule has 178 valence electrons. The number of benzene rings is 2. The molecular formula is C26H34N2O5. The van der Waals surface area contributed by atoms with Gasteiger partial charge in [0.2, 0.25) is 11.7 Å². The Balaban J connectivity index is 1.68. The number of hydrogen-bond acceptors (Lipinski definition) is 6. The molecule has 2 fully saturated rings. The maximum atomic E-state index is 13.0. The molecule has 2 aliphatic rings. The number of likely N-dealkylation sites (tertiary alicyclic amines) is 1. The summed E-state index contributed by atoms with van der Waals surface area (Å²) in [5, 5.41) is 14.5. The van der Waals surface area contributed by atoms with Gasteiger partial charge < -0.3 is 24.6 Å². The lowest BCUT2D eigenvalue weighted by molar-refractivity contribution is -0.135. The van der Waals surface area contributed by atoms with Crippen molar-refractivity contribution in [3.63, 3.8) is 0 Å². The topological polar surface area (TPSA) is 80.3 Å². The molecule has 1 heterocycles. The van der Waals surface area contributed by atoms with E-state index in [1.807, 2.05) is 42.5 Å². The SMILES string of the molecule is COc1cc([C@H]2[C@H]3CCCC[C@]3(O)CCN2CC(=O)Nc2ccccc2)cc(OC)c1OC. The van der Waals surface area contributed by atoms with Crippen molar-refractivity contribution in [2.45, 2.75) is 43.7 Å². The second-order valence-electron chi connectivity index (χ2n) is 8.99. The minimum Gasteiger partial charge on any atom is -0.493 e. The summed E-state index contributed by atoms with van der Waals surface area (Å²) in [6, 6.07) is 13.2. The number of rotatable bonds is 7. The van der Waals surface area contributed by atoms with Crippen molar-refractivity contribution in [1.29, 1.82) is 0 Å². The molecule has 1 amide bonds. The lowest BCUT2D eigenvalue weighted by Gasteiger charge is -2.52. The van der Waals surface area contributed by atoms with Gasteiger partial charge in [-0.2, -0.15) is 0 Å². The van der Waals surface area contributed by atoms with Gasteiger partial charge in [0.15, 0.2) is 11.5 Å². The van der Waals surface area contributed by atoms with Crippen LogP contribution in [-0.4, -0.2) is 55.9 Å². The molecule has 0 radical (unpaired) electrons. The number of ether oxygens (including phenoxy) is 3. The fraction of sp³-hybridized carbons (Fsp3) is 0.500. The number of carbonyl (C=O) groups excluding carboxylic acids is 1. The fourth-order valence-electron chi connectivity index (χ4n) is 5.54. The zero-order valence-corrected chi connectivity index (χ0v) is 19.7. The minimum atomic E-state index is -0.726. The van der Waals surface area contributed by atoms with Gasteiger partial charge in [-0.25, -0.2) is 0 Å². The van der Waals surface area contributed by atoms with Crippen molar-refractivity contribution in [2.75, 3.05) is 39.7 Å². The molecule has 7 nitrogen and oxygen atoms in total. The summed E-state index contributed by atoms with van der Waals surface area (Å²) in [6.45, 7) is 0.874. The Kier molecular flexibility index (Phi) is 7.10. The van der Waals surface area contributed by atoms with Crippen LogP contribution >= 0.6 is 0 Å². The van der Waals surface area contributed by atoms with Crippen LogP contribution in [0.5, 0.6) is 17.2 Å². The van der Waals surface area contributed by atoms with Gasteiger partial charge in [-0.05, 0) is 49.1 Å². The predicted molar refractivity (Wildman–Crippen MR) is 127 cm³/mol. The van der Waals surface area contributed by atoms with Gasteiger partial charge in [0.25, 0.3) is 0 Å². The highest BCUT2D eigenvalue weighted by Gasteiger charge is 2.49. The van der Waals surface area contributed by atoms with Crippen LogP contribution in [0.15, 0.2) is 42.5 Å². The van der Waals surface area contributed by atoms with Crippen LogP contribution in [-0.2, 0) is 4.79 Å². The highest BCUT2D eigenvalue weighted by Crippen LogP contribution is 2.51. The van der Waals surface area contributed by atoms with Gasteiger partial charge in [0, 0.05) is 24.2 Å². The van der Waals surface area contributed by atoms with E-state index in [0.717, 1.165) is 36.9 Å². The second-order valence-corrected chi connectivity index (χ2v) is 8.99. The summed E-state index contributed by atoms with van der Waals surface area (Å²) in [7, 11) is 4.79. The zero-order chi connectivity index (χ0) is 23.4. The quantitative estimate of drug-likeness (QED) is 0.658. The molecule has 3 atom stereocenters. The Morgan fingerprint density at radius 2 is 1.76 bits per heavy atom. The second kappa shape index (κ2) is 10.0. The Morgan fingerprint density at radius 3 is 2.39 bits per heavy atom. The molecule has 33 heavy (non-hydrogen) atoms. The highest BCUT2D eigenvalue weighted by atomic mass is 16.5. The Bertz CT molecular complexity index is 941. The van der Waals surface area contributed by atoms with Crippen LogP contribution in [0.3, 0.4) is 0 Å². The van der Waals surface area contributed by atoms with Crippen molar-refractivity contribution < 1.29 is 24.1 Å². The monoisotopic (exact) mass is 454 g/mol. The molecule has 0 aromatic heterocycles. The first-order valence-electron chi connectivity index (χ1n) is 11.6. The van der Waals surface area contributed by atoms with Crippen molar-refractivity contribution >= 4 is 11.6 Å². The predicted octanol–water partition coefficient (Wildman–Crippen LogP) is 4.02. The minimum absolute atomic E-state index is 0.0207. The third kappa shape index (κ3) is 4.80. The molecule has 1 saturated heterocycles. The standard InChI is InChI=1S/C26H34N2O5/c1-31-21-15-18(16-22(32-2)25(21)33-3)24-20-11-7-8-12-26(20,30)13-14-28(24)17-23(29)27-19-9-5-4-6-10-19/h4-6,9-10,15-16,20,24,30H,7-8,11-14,17H2,1-3H3,(H,27,29)/t20-,24+,26+/m1/s1. The van der Waals surface area contributed by atoms with Crippen LogP contribution in [0.4, 0.5) is 5.69 Å². The molecule has 2 aromatic rings. The number of fused-ring (bicyclic) bond motifs is 1. The summed E-state index contributed by atoms with van der Waals surface area (Å²) >= 11 is 0. The average molecular weight is 455 g/mol. The molecule has 2 N–H and O–H groups in total. The normalized spacial score (nSPS) is 25.1. The maximum absolute atomic E-state index is 13.0. The first-order valence-corrected chi connectivity index (χ1v) is 11.6. The molecule has 7 heteroatoms. The van der Waals surface area contributed by atoms with Gasteiger partial charge in [-0.1, -0.05) is 31.0 Å². The van der Waals surface area contributed by atoms with Crippen LogP contribution < -0.4 is 19.5 Å². The largest absolute Gasteiger partial charge is 0.493 e. The van der Waals surface area contributed by atoms with E-state index in [0.29, 0.717) is 30.2 Å². The third-order valence-electron chi connectivity index (χ3n) is 7.10. The van der Waals surface area contributed by atoms with Gasteiger partial charge in [-0.15, -0.1) is 0 Å². The Morgan fingerprint density at radius 1 is 1.06 bits per heavy atom. The number of para-hydroxylation sites is 1. The van der Waals surface area contributed by atoms with Crippen molar-refractivity contribution in [1.82, 2.24) is 4.90 Å². The molecule has 1 aliphatic heterocycles. The van der Waals surface area contributed by atoms with Gasteiger partial charge in [0.05, 0.1) is 33.5 Å². The number of anilines is 1. The summed E-state index contributed by atoms with van der Waals surface area (Å²) in [6.07, 6.45) is 4.47. The molecule has 0 spiro atoms. The first-order chi connectivity index (χ1) is 16.0. The Labute approximate surface area is 195 Å². The Hall–Kier alpha value is -2.77. The zero-order valence-electron chi connectivity index (χ0n) is 19.7. The van der Waals surface area contributed by atoms with Gasteiger partial charge >= 0.3 is 0 Å². The maximum Gasteiger partial charge on any atom is 0.238 e. The van der Waals surface area contributed by atoms with E-state index in [1.165, 1.54) is 0 Å². The number of piperidine rings is 1. The van der Waals surface area contributed by atoms with Crippen molar-refractivity contribution in [3.8, 4) is 17.2 Å². The average Bonchev–Trinajstić information content (AvgIpc) is 2.83. The van der Waals surface area contributed by atoms with E-state index in [4.69, 9.17) is 14.2 Å². The van der Waals surface area contributed by atoms with E-state index in [9.17, 15) is 9.90 Å². The molecule has 0 bridgehead atoms. The molecule has 2 aromatic carbocycles. The number of nitrogens with zero attached hydrogens (tertiary/aromatic N) is 1. The number of aliphatic hydroxyl groups is 1. The third-order valence-corrected chi connectivity index (χ3v) is 7.10. The molecule has 1 aliphatic carbocycles. The van der Waals surface area contributed by atoms with Crippen LogP contribution in [0.25, 0.3) is 0 Å². The van der Waals surface area contributed by atoms with Crippen LogP contribution in [0, 0.1) is 5.92 Å². The molecule has 4 rings (SSSR count). The summed E-state index contributed by atoms with van der Waals surface area (Å²) in [5.41, 5.74) is 1.01. The lowest BCUT2D eigenvalue weighted by Crippen LogP contribution is -2.56. The number of amides is 1. The smallest absolute Gasteiger partial charge is 0.238 e. The van der Waals surface area contributed by atoms with Crippen molar-refractivity contribution in [2.24, 2.45) is 5.92 Å². The van der Waals surface area contributed by atoms with E-state index in [1.54, 1.807) is 21.3 Å². The molecular weight excluding hydrogens is 420 g/mol. The summed E-state index contributed by atoms with van der Waals surface area (Å²) < 4.78 is 16.7. The first kappa shape index (κ1) is 23.4. The highest BCUT2D eigenvalue weighted by molar-refractivity contribution is 5.92. The van der Waals surface area contributed by atoms with Gasteiger partial charge in [-0.3, -0.25) is 9.69 Å². The molecule has 1 saturated carbocycles. The van der Waals surface area contributed by atoms with E-state index >= 15 is 0 Å². The van der Waals surface area contributed by atoms with E-state index in [2.05, 4.69) is 10.2 Å².